The highest BCUT2D eigenvalue weighted by atomic mass is 28.2. The van der Waals surface area contributed by atoms with Crippen LogP contribution in [-0.2, 0) is 31.8 Å². The van der Waals surface area contributed by atoms with E-state index in [9.17, 15) is 18.0 Å². The number of alkyl halides is 3. The lowest BCUT2D eigenvalue weighted by atomic mass is 9.96. The molecule has 11 heteroatoms. The molecule has 3 rings (SSSR count). The fraction of sp³-hybridized carbons (Fsp3) is 0.606. The molecule has 1 aromatic heterocycles. The van der Waals surface area contributed by atoms with Gasteiger partial charge in [0.25, 0.3) is 0 Å². The number of hydrogen-bond acceptors (Lipinski definition) is 7. The normalized spacial score (nSPS) is 13.7. The summed E-state index contributed by atoms with van der Waals surface area (Å²) < 4.78 is 61.4. The van der Waals surface area contributed by atoms with Crippen molar-refractivity contribution in [2.75, 3.05) is 19.8 Å². The Morgan fingerprint density at radius 3 is 2.55 bits per heavy atom. The SMILES string of the molecule is CCCCCc1ccc(-c2cc3c(oc2=O)C=C(OCCCCCC[Si+]OC(C)CCOOCC)CC3)c(OC(F)(F)F)c1. The molecule has 0 saturated carbocycles. The van der Waals surface area contributed by atoms with Crippen LogP contribution in [0.5, 0.6) is 5.75 Å². The summed E-state index contributed by atoms with van der Waals surface area (Å²) in [6, 6.07) is 7.29. The molecular weight excluding hydrogens is 593 g/mol. The Balaban J connectivity index is 1.48. The van der Waals surface area contributed by atoms with E-state index in [1.54, 1.807) is 18.2 Å². The van der Waals surface area contributed by atoms with Gasteiger partial charge in [0.1, 0.15) is 17.6 Å². The highest BCUT2D eigenvalue weighted by Crippen LogP contribution is 2.36. The molecular formula is C33H45F3O7Si+. The van der Waals surface area contributed by atoms with Gasteiger partial charge in [-0.2, -0.15) is 0 Å². The van der Waals surface area contributed by atoms with Gasteiger partial charge in [-0.15, -0.1) is 13.2 Å². The second-order valence-electron chi connectivity index (χ2n) is 10.9. The molecule has 0 spiro atoms. The number of ether oxygens (including phenoxy) is 2. The lowest BCUT2D eigenvalue weighted by Crippen LogP contribution is -2.18. The average Bonchev–Trinajstić information content (AvgIpc) is 2.98. The van der Waals surface area contributed by atoms with Crippen LogP contribution in [0.2, 0.25) is 6.04 Å². The average molecular weight is 639 g/mol. The molecule has 1 aliphatic carbocycles. The Morgan fingerprint density at radius 1 is 0.955 bits per heavy atom. The summed E-state index contributed by atoms with van der Waals surface area (Å²) >= 11 is 0. The lowest BCUT2D eigenvalue weighted by Gasteiger charge is -2.18. The first-order valence-electron chi connectivity index (χ1n) is 15.7. The van der Waals surface area contributed by atoms with Crippen LogP contribution >= 0.6 is 0 Å². The van der Waals surface area contributed by atoms with Gasteiger partial charge in [-0.05, 0) is 75.6 Å². The molecule has 44 heavy (non-hydrogen) atoms. The summed E-state index contributed by atoms with van der Waals surface area (Å²) in [4.78, 5) is 22.8. The summed E-state index contributed by atoms with van der Waals surface area (Å²) in [6.45, 7) is 7.63. The molecule has 2 aromatic rings. The highest BCUT2D eigenvalue weighted by Gasteiger charge is 2.33. The van der Waals surface area contributed by atoms with E-state index in [1.807, 2.05) is 13.8 Å². The third-order valence-electron chi connectivity index (χ3n) is 7.18. The number of benzene rings is 1. The monoisotopic (exact) mass is 638 g/mol. The quantitative estimate of drug-likeness (QED) is 0.0587. The van der Waals surface area contributed by atoms with E-state index in [0.29, 0.717) is 54.6 Å². The van der Waals surface area contributed by atoms with Gasteiger partial charge in [0.15, 0.2) is 0 Å². The van der Waals surface area contributed by atoms with E-state index >= 15 is 0 Å². The van der Waals surface area contributed by atoms with Gasteiger partial charge in [-0.25, -0.2) is 19.0 Å². The predicted molar refractivity (Wildman–Crippen MR) is 164 cm³/mol. The Kier molecular flexibility index (Phi) is 15.5. The van der Waals surface area contributed by atoms with Crippen molar-refractivity contribution in [1.29, 1.82) is 0 Å². The summed E-state index contributed by atoms with van der Waals surface area (Å²) in [5.74, 6) is 0.734. The minimum Gasteiger partial charge on any atom is -0.498 e. The van der Waals surface area contributed by atoms with Gasteiger partial charge >= 0.3 is 21.8 Å². The maximum absolute atomic E-state index is 13.2. The number of hydrogen-bond donors (Lipinski definition) is 0. The number of halogens is 3. The van der Waals surface area contributed by atoms with Crippen molar-refractivity contribution in [2.45, 2.75) is 110 Å². The first-order valence-corrected chi connectivity index (χ1v) is 16.8. The van der Waals surface area contributed by atoms with Gasteiger partial charge in [-0.1, -0.05) is 38.3 Å². The Labute approximate surface area is 260 Å². The Morgan fingerprint density at radius 2 is 1.77 bits per heavy atom. The minimum absolute atomic E-state index is 0.0527. The molecule has 7 nitrogen and oxygen atoms in total. The number of aryl methyl sites for hydroxylation is 2. The molecule has 1 atom stereocenters. The Hall–Kier alpha value is -2.60. The van der Waals surface area contributed by atoms with Gasteiger partial charge in [0.2, 0.25) is 0 Å². The molecule has 0 fully saturated rings. The van der Waals surface area contributed by atoms with Crippen LogP contribution in [0.4, 0.5) is 13.2 Å². The molecule has 0 N–H and O–H groups in total. The lowest BCUT2D eigenvalue weighted by molar-refractivity contribution is -0.293. The topological polar surface area (TPSA) is 76.4 Å². The second kappa shape index (κ2) is 19.0. The van der Waals surface area contributed by atoms with Crippen molar-refractivity contribution in [1.82, 2.24) is 0 Å². The van der Waals surface area contributed by atoms with Crippen molar-refractivity contribution in [3.8, 4) is 16.9 Å². The maximum Gasteiger partial charge on any atom is 0.672 e. The zero-order chi connectivity index (χ0) is 31.8. The molecule has 1 radical (unpaired) electrons. The zero-order valence-electron chi connectivity index (χ0n) is 26.1. The third kappa shape index (κ3) is 12.8. The van der Waals surface area contributed by atoms with E-state index in [-0.39, 0.29) is 23.0 Å². The number of unbranched alkanes of at least 4 members (excludes halogenated alkanes) is 5. The first kappa shape index (κ1) is 35.9. The molecule has 1 heterocycles. The Bertz CT molecular complexity index is 1230. The predicted octanol–water partition coefficient (Wildman–Crippen LogP) is 8.60. The van der Waals surface area contributed by atoms with Crippen molar-refractivity contribution < 1.29 is 41.3 Å². The van der Waals surface area contributed by atoms with Crippen molar-refractivity contribution in [3.63, 3.8) is 0 Å². The highest BCUT2D eigenvalue weighted by molar-refractivity contribution is 6.27. The molecule has 0 amide bonds. The summed E-state index contributed by atoms with van der Waals surface area (Å²) in [5, 5.41) is 0. The van der Waals surface area contributed by atoms with Crippen LogP contribution in [0.1, 0.15) is 95.4 Å². The first-order chi connectivity index (χ1) is 21.2. The molecule has 0 bridgehead atoms. The summed E-state index contributed by atoms with van der Waals surface area (Å²) in [6.07, 6.45) is 6.61. The van der Waals surface area contributed by atoms with Crippen LogP contribution in [-0.4, -0.2) is 42.1 Å². The van der Waals surface area contributed by atoms with Crippen LogP contribution in [0, 0.1) is 0 Å². The van der Waals surface area contributed by atoms with Crippen molar-refractivity contribution >= 4 is 15.8 Å². The second-order valence-corrected chi connectivity index (χ2v) is 11.9. The van der Waals surface area contributed by atoms with E-state index in [0.717, 1.165) is 74.3 Å². The fourth-order valence-electron chi connectivity index (χ4n) is 4.83. The van der Waals surface area contributed by atoms with Crippen molar-refractivity contribution in [2.24, 2.45) is 0 Å². The van der Waals surface area contributed by atoms with Gasteiger partial charge in [0.05, 0.1) is 37.2 Å². The third-order valence-corrected chi connectivity index (χ3v) is 8.30. The standard InChI is InChI=1S/C33H45F3O7Si/c1-4-6-9-12-25-13-16-28(31(21-25)42-33(34,35)36)29-22-26-14-15-27(23-30(26)41-32(29)37)38-18-10-7-8-11-20-44-43-24(3)17-19-40-39-5-2/h13,16,21-24H,4-12,14-15,17-20H2,1-3H3/q+1. The van der Waals surface area contributed by atoms with Crippen LogP contribution in [0.25, 0.3) is 17.2 Å². The summed E-state index contributed by atoms with van der Waals surface area (Å²) in [5.41, 5.74) is 0.879. The van der Waals surface area contributed by atoms with Crippen LogP contribution in [0.15, 0.2) is 39.2 Å². The maximum atomic E-state index is 13.2. The van der Waals surface area contributed by atoms with Gasteiger partial charge < -0.3 is 13.9 Å². The summed E-state index contributed by atoms with van der Waals surface area (Å²) in [7, 11) is 0.477. The molecule has 0 saturated heterocycles. The molecule has 1 aromatic carbocycles. The number of allylic oxidation sites excluding steroid dienone is 1. The van der Waals surface area contributed by atoms with Gasteiger partial charge in [-0.3, -0.25) is 0 Å². The van der Waals surface area contributed by atoms with E-state index in [1.165, 1.54) is 12.1 Å². The number of rotatable bonds is 21. The largest absolute Gasteiger partial charge is 0.672 e. The van der Waals surface area contributed by atoms with Crippen LogP contribution < -0.4 is 10.4 Å². The van der Waals surface area contributed by atoms with Crippen LogP contribution in [0.3, 0.4) is 0 Å². The molecule has 1 aliphatic rings. The number of fused-ring (bicyclic) bond motifs is 1. The smallest absolute Gasteiger partial charge is 0.498 e. The van der Waals surface area contributed by atoms with E-state index in [2.05, 4.69) is 11.7 Å². The zero-order valence-corrected chi connectivity index (χ0v) is 27.1. The van der Waals surface area contributed by atoms with Gasteiger partial charge in [0, 0.05) is 24.5 Å². The molecule has 0 aliphatic heterocycles. The molecule has 243 valence electrons. The minimum atomic E-state index is -4.88. The van der Waals surface area contributed by atoms with E-state index < -0.39 is 12.0 Å². The fourth-order valence-corrected chi connectivity index (χ4v) is 5.74. The van der Waals surface area contributed by atoms with E-state index in [4.69, 9.17) is 23.4 Å². The molecule has 1 unspecified atom stereocenters. The van der Waals surface area contributed by atoms with Crippen molar-refractivity contribution in [3.05, 3.63) is 57.3 Å².